The van der Waals surface area contributed by atoms with E-state index >= 15 is 0 Å². The van der Waals surface area contributed by atoms with Gasteiger partial charge in [0.25, 0.3) is 0 Å². The van der Waals surface area contributed by atoms with Crippen molar-refractivity contribution in [2.75, 3.05) is 4.67 Å². The predicted octanol–water partition coefficient (Wildman–Crippen LogP) is 4.67. The third-order valence-electron chi connectivity index (χ3n) is 3.84. The Morgan fingerprint density at radius 2 is 1.75 bits per heavy atom. The standard InChI is InChI=1S/C16H17ClNOP/c1-12(2)20(19)16-6-4-3-5-13(16)11-18(20)15-9-7-14(17)8-10-15/h3-10,12H,11H2,1-2H3. The largest absolute Gasteiger partial charge is 0.314 e. The minimum Gasteiger partial charge on any atom is -0.314 e. The van der Waals surface area contributed by atoms with Crippen LogP contribution in [-0.2, 0) is 11.1 Å². The van der Waals surface area contributed by atoms with E-state index in [1.54, 1.807) is 0 Å². The first-order valence-corrected chi connectivity index (χ1v) is 8.86. The molecule has 2 aromatic rings. The van der Waals surface area contributed by atoms with Crippen molar-refractivity contribution in [1.82, 2.24) is 0 Å². The van der Waals surface area contributed by atoms with Crippen LogP contribution in [-0.4, -0.2) is 5.66 Å². The lowest BCUT2D eigenvalue weighted by Crippen LogP contribution is -2.21. The molecule has 2 nitrogen and oxygen atoms in total. The van der Waals surface area contributed by atoms with Crippen molar-refractivity contribution in [2.24, 2.45) is 0 Å². The molecule has 104 valence electrons. The van der Waals surface area contributed by atoms with Crippen molar-refractivity contribution >= 4 is 29.9 Å². The summed E-state index contributed by atoms with van der Waals surface area (Å²) in [4.78, 5) is 0. The molecule has 1 aliphatic heterocycles. The zero-order valence-corrected chi connectivity index (χ0v) is 13.2. The molecular weight excluding hydrogens is 289 g/mol. The first-order chi connectivity index (χ1) is 9.53. The van der Waals surface area contributed by atoms with E-state index in [2.05, 4.69) is 10.7 Å². The maximum absolute atomic E-state index is 13.6. The second-order valence-corrected chi connectivity index (χ2v) is 9.06. The molecule has 0 aliphatic carbocycles. The SMILES string of the molecule is CC(C)P1(=O)c2ccccc2CN1c1ccc(Cl)cc1. The van der Waals surface area contributed by atoms with Crippen molar-refractivity contribution in [1.29, 1.82) is 0 Å². The summed E-state index contributed by atoms with van der Waals surface area (Å²) in [6.45, 7) is 4.77. The van der Waals surface area contributed by atoms with E-state index in [-0.39, 0.29) is 5.66 Å². The Balaban J connectivity index is 2.14. The molecule has 0 aromatic heterocycles. The van der Waals surface area contributed by atoms with Crippen LogP contribution >= 0.6 is 18.9 Å². The molecule has 1 heterocycles. The second-order valence-electron chi connectivity index (χ2n) is 5.38. The first-order valence-electron chi connectivity index (χ1n) is 6.75. The second kappa shape index (κ2) is 4.95. The van der Waals surface area contributed by atoms with Crippen molar-refractivity contribution in [2.45, 2.75) is 26.1 Å². The van der Waals surface area contributed by atoms with Gasteiger partial charge in [-0.1, -0.05) is 43.6 Å². The quantitative estimate of drug-likeness (QED) is 0.751. The van der Waals surface area contributed by atoms with E-state index < -0.39 is 7.29 Å². The van der Waals surface area contributed by atoms with E-state index in [1.807, 2.05) is 56.3 Å². The number of hydrogen-bond acceptors (Lipinski definition) is 1. The molecule has 0 radical (unpaired) electrons. The van der Waals surface area contributed by atoms with Gasteiger partial charge in [-0.05, 0) is 35.9 Å². The molecule has 2 aromatic carbocycles. The maximum atomic E-state index is 13.6. The summed E-state index contributed by atoms with van der Waals surface area (Å²) in [6, 6.07) is 15.7. The van der Waals surface area contributed by atoms with Gasteiger partial charge < -0.3 is 4.67 Å². The van der Waals surface area contributed by atoms with E-state index in [1.165, 1.54) is 5.56 Å². The average molecular weight is 306 g/mol. The Morgan fingerprint density at radius 3 is 2.40 bits per heavy atom. The predicted molar refractivity (Wildman–Crippen MR) is 86.5 cm³/mol. The minimum atomic E-state index is -2.59. The number of halogens is 1. The normalized spacial score (nSPS) is 21.3. The fraction of sp³-hybridized carbons (Fsp3) is 0.250. The summed E-state index contributed by atoms with van der Waals surface area (Å²) >= 11 is 5.95. The van der Waals surface area contributed by atoms with Crippen molar-refractivity contribution in [3.05, 3.63) is 59.1 Å². The van der Waals surface area contributed by atoms with Gasteiger partial charge in [-0.2, -0.15) is 0 Å². The fourth-order valence-corrected chi connectivity index (χ4v) is 5.98. The molecule has 0 N–H and O–H groups in total. The van der Waals surface area contributed by atoms with Crippen LogP contribution in [0, 0.1) is 0 Å². The Hall–Kier alpha value is -1.24. The van der Waals surface area contributed by atoms with Crippen molar-refractivity contribution in [3.63, 3.8) is 0 Å². The van der Waals surface area contributed by atoms with Gasteiger partial charge in [0.1, 0.15) is 0 Å². The van der Waals surface area contributed by atoms with Crippen molar-refractivity contribution < 1.29 is 4.57 Å². The van der Waals surface area contributed by atoms with Crippen LogP contribution in [0.25, 0.3) is 0 Å². The lowest BCUT2D eigenvalue weighted by molar-refractivity contribution is 0.573. The maximum Gasteiger partial charge on any atom is 0.204 e. The molecule has 4 heteroatoms. The summed E-state index contributed by atoms with van der Waals surface area (Å²) in [6.07, 6.45) is 0. The fourth-order valence-electron chi connectivity index (χ4n) is 2.79. The highest BCUT2D eigenvalue weighted by Gasteiger charge is 2.42. The van der Waals surface area contributed by atoms with Crippen molar-refractivity contribution in [3.8, 4) is 0 Å². The first kappa shape index (κ1) is 13.7. The number of rotatable bonds is 2. The Morgan fingerprint density at radius 1 is 1.10 bits per heavy atom. The highest BCUT2D eigenvalue weighted by Crippen LogP contribution is 2.59. The Labute approximate surface area is 124 Å². The molecule has 3 rings (SSSR count). The van der Waals surface area contributed by atoms with Crippen LogP contribution < -0.4 is 9.97 Å². The van der Waals surface area contributed by atoms with E-state index in [0.717, 1.165) is 11.0 Å². The zero-order valence-electron chi connectivity index (χ0n) is 11.6. The van der Waals surface area contributed by atoms with Crippen LogP contribution in [0.15, 0.2) is 48.5 Å². The van der Waals surface area contributed by atoms with E-state index in [9.17, 15) is 4.57 Å². The highest BCUT2D eigenvalue weighted by atomic mass is 35.5. The summed E-state index contributed by atoms with van der Waals surface area (Å²) in [5, 5.41) is 1.70. The smallest absolute Gasteiger partial charge is 0.204 e. The molecule has 0 saturated heterocycles. The van der Waals surface area contributed by atoms with Crippen LogP contribution in [0.1, 0.15) is 19.4 Å². The number of fused-ring (bicyclic) bond motifs is 1. The number of hydrogen-bond donors (Lipinski definition) is 0. The van der Waals surface area contributed by atoms with Gasteiger partial charge in [-0.15, -0.1) is 0 Å². The summed E-state index contributed by atoms with van der Waals surface area (Å²) in [5.74, 6) is 0. The van der Waals surface area contributed by atoms with E-state index in [0.29, 0.717) is 11.6 Å². The highest BCUT2D eigenvalue weighted by molar-refractivity contribution is 7.74. The van der Waals surface area contributed by atoms with Gasteiger partial charge in [-0.3, -0.25) is 4.57 Å². The molecule has 1 atom stereocenters. The van der Waals surface area contributed by atoms with Crippen LogP contribution in [0.5, 0.6) is 0 Å². The van der Waals surface area contributed by atoms with Gasteiger partial charge in [0.15, 0.2) is 0 Å². The van der Waals surface area contributed by atoms with E-state index in [4.69, 9.17) is 11.6 Å². The topological polar surface area (TPSA) is 20.3 Å². The van der Waals surface area contributed by atoms with Crippen LogP contribution in [0.3, 0.4) is 0 Å². The molecule has 20 heavy (non-hydrogen) atoms. The number of nitrogens with zero attached hydrogens (tertiary/aromatic N) is 1. The number of benzene rings is 2. The summed E-state index contributed by atoms with van der Waals surface area (Å²) < 4.78 is 15.7. The summed E-state index contributed by atoms with van der Waals surface area (Å²) in [7, 11) is -2.59. The lowest BCUT2D eigenvalue weighted by atomic mass is 10.2. The molecule has 0 saturated carbocycles. The van der Waals surface area contributed by atoms with Gasteiger partial charge in [0, 0.05) is 21.7 Å². The van der Waals surface area contributed by atoms with Gasteiger partial charge >= 0.3 is 0 Å². The third-order valence-corrected chi connectivity index (χ3v) is 7.71. The lowest BCUT2D eigenvalue weighted by Gasteiger charge is -2.30. The van der Waals surface area contributed by atoms with Gasteiger partial charge in [0.05, 0.1) is 6.54 Å². The number of anilines is 1. The minimum absolute atomic E-state index is 0.0850. The van der Waals surface area contributed by atoms with Crippen LogP contribution in [0.2, 0.25) is 5.02 Å². The summed E-state index contributed by atoms with van der Waals surface area (Å²) in [5.41, 5.74) is 2.23. The molecule has 0 spiro atoms. The third kappa shape index (κ3) is 1.99. The Bertz CT molecular complexity index is 681. The molecule has 0 bridgehead atoms. The zero-order chi connectivity index (χ0) is 14.3. The molecule has 1 aliphatic rings. The molecule has 0 amide bonds. The van der Waals surface area contributed by atoms with Gasteiger partial charge in [-0.25, -0.2) is 0 Å². The molecular formula is C16H17ClNOP. The Kier molecular flexibility index (Phi) is 3.40. The average Bonchev–Trinajstić information content (AvgIpc) is 2.75. The molecule has 0 fully saturated rings. The molecule has 1 unspecified atom stereocenters. The monoisotopic (exact) mass is 305 g/mol. The van der Waals surface area contributed by atoms with Gasteiger partial charge in [0.2, 0.25) is 7.29 Å². The van der Waals surface area contributed by atoms with Crippen LogP contribution in [0.4, 0.5) is 5.69 Å².